The van der Waals surface area contributed by atoms with Crippen molar-refractivity contribution in [2.45, 2.75) is 12.5 Å². The molecule has 0 radical (unpaired) electrons. The van der Waals surface area contributed by atoms with Crippen LogP contribution in [0.4, 0.5) is 11.5 Å². The van der Waals surface area contributed by atoms with E-state index < -0.39 is 0 Å². The zero-order chi connectivity index (χ0) is 21.4. The number of nitrogens with one attached hydrogen (secondary N) is 1. The van der Waals surface area contributed by atoms with Crippen LogP contribution in [0.5, 0.6) is 0 Å². The van der Waals surface area contributed by atoms with E-state index in [0.717, 1.165) is 36.5 Å². The van der Waals surface area contributed by atoms with Crippen molar-refractivity contribution in [1.29, 1.82) is 5.41 Å². The zero-order valence-electron chi connectivity index (χ0n) is 17.2. The number of aryl methyl sites for hydroxylation is 1. The predicted octanol–water partition coefficient (Wildman–Crippen LogP) is 2.52. The van der Waals surface area contributed by atoms with Crippen molar-refractivity contribution in [3.05, 3.63) is 72.7 Å². The van der Waals surface area contributed by atoms with Gasteiger partial charge in [-0.25, -0.2) is 9.97 Å². The number of aromatic nitrogens is 6. The fourth-order valence-corrected chi connectivity index (χ4v) is 3.98. The van der Waals surface area contributed by atoms with Crippen molar-refractivity contribution >= 4 is 17.2 Å². The van der Waals surface area contributed by atoms with Gasteiger partial charge in [-0.15, -0.1) is 0 Å². The van der Waals surface area contributed by atoms with E-state index in [1.807, 2.05) is 54.5 Å². The highest BCUT2D eigenvalue weighted by Crippen LogP contribution is 2.28. The molecule has 156 valence electrons. The minimum Gasteiger partial charge on any atom is -0.398 e. The van der Waals surface area contributed by atoms with Gasteiger partial charge in [0.05, 0.1) is 23.6 Å². The van der Waals surface area contributed by atoms with Gasteiger partial charge in [-0.2, -0.15) is 10.2 Å². The highest BCUT2D eigenvalue weighted by atomic mass is 15.3. The van der Waals surface area contributed by atoms with Crippen LogP contribution < -0.4 is 10.6 Å². The molecule has 1 fully saturated rings. The molecule has 1 atom stereocenters. The van der Waals surface area contributed by atoms with Gasteiger partial charge in [0.15, 0.2) is 0 Å². The van der Waals surface area contributed by atoms with Gasteiger partial charge in [-0.05, 0) is 30.2 Å². The predicted molar refractivity (Wildman–Crippen MR) is 119 cm³/mol. The molecule has 1 aromatic carbocycles. The van der Waals surface area contributed by atoms with Crippen LogP contribution in [0.15, 0.2) is 61.4 Å². The molecular formula is C22H23N9. The molecule has 4 aromatic rings. The third-order valence-electron chi connectivity index (χ3n) is 5.66. The van der Waals surface area contributed by atoms with E-state index in [-0.39, 0.29) is 5.71 Å². The van der Waals surface area contributed by atoms with E-state index in [4.69, 9.17) is 11.1 Å². The molecule has 1 saturated heterocycles. The van der Waals surface area contributed by atoms with Crippen molar-refractivity contribution < 1.29 is 0 Å². The van der Waals surface area contributed by atoms with Gasteiger partial charge in [-0.1, -0.05) is 6.07 Å². The summed E-state index contributed by atoms with van der Waals surface area (Å²) in [6.07, 6.45) is 10.0. The molecule has 0 spiro atoms. The van der Waals surface area contributed by atoms with Crippen molar-refractivity contribution in [1.82, 2.24) is 29.5 Å². The second kappa shape index (κ2) is 7.67. The van der Waals surface area contributed by atoms with E-state index in [9.17, 15) is 0 Å². The Morgan fingerprint density at radius 2 is 2.06 bits per heavy atom. The smallest absolute Gasteiger partial charge is 0.132 e. The van der Waals surface area contributed by atoms with E-state index >= 15 is 0 Å². The lowest BCUT2D eigenvalue weighted by Crippen LogP contribution is -2.22. The highest BCUT2D eigenvalue weighted by Gasteiger charge is 2.25. The molecule has 0 aliphatic carbocycles. The van der Waals surface area contributed by atoms with Crippen LogP contribution in [-0.2, 0) is 7.05 Å². The van der Waals surface area contributed by atoms with Crippen molar-refractivity contribution in [2.24, 2.45) is 7.05 Å². The van der Waals surface area contributed by atoms with Gasteiger partial charge in [0.2, 0.25) is 0 Å². The molecule has 0 amide bonds. The molecule has 0 bridgehead atoms. The third-order valence-corrected chi connectivity index (χ3v) is 5.66. The number of benzene rings is 1. The summed E-state index contributed by atoms with van der Waals surface area (Å²) in [5, 5.41) is 17.4. The fourth-order valence-electron chi connectivity index (χ4n) is 3.98. The Balaban J connectivity index is 1.41. The van der Waals surface area contributed by atoms with Gasteiger partial charge in [0.25, 0.3) is 0 Å². The molecule has 31 heavy (non-hydrogen) atoms. The quantitative estimate of drug-likeness (QED) is 0.384. The molecule has 1 unspecified atom stereocenters. The van der Waals surface area contributed by atoms with Gasteiger partial charge in [0, 0.05) is 61.6 Å². The van der Waals surface area contributed by atoms with Crippen LogP contribution in [0, 0.1) is 5.41 Å². The number of hydrogen-bond donors (Lipinski definition) is 2. The molecule has 9 heteroatoms. The summed E-state index contributed by atoms with van der Waals surface area (Å²) in [6.45, 7) is 1.71. The lowest BCUT2D eigenvalue weighted by atomic mass is 9.99. The van der Waals surface area contributed by atoms with E-state index in [1.54, 1.807) is 17.1 Å². The van der Waals surface area contributed by atoms with Gasteiger partial charge in [-0.3, -0.25) is 14.8 Å². The number of hydrogen-bond acceptors (Lipinski definition) is 7. The molecule has 0 saturated carbocycles. The minimum atomic E-state index is 0.273. The van der Waals surface area contributed by atoms with Crippen LogP contribution >= 0.6 is 0 Å². The van der Waals surface area contributed by atoms with E-state index in [0.29, 0.717) is 23.0 Å². The van der Waals surface area contributed by atoms with E-state index in [2.05, 4.69) is 25.1 Å². The third kappa shape index (κ3) is 3.65. The summed E-state index contributed by atoms with van der Waals surface area (Å²) < 4.78 is 3.74. The average Bonchev–Trinajstić information content (AvgIpc) is 3.55. The summed E-state index contributed by atoms with van der Waals surface area (Å²) >= 11 is 0. The van der Waals surface area contributed by atoms with Crippen molar-refractivity contribution in [2.75, 3.05) is 23.7 Å². The van der Waals surface area contributed by atoms with Crippen LogP contribution in [0.1, 0.15) is 23.7 Å². The summed E-state index contributed by atoms with van der Waals surface area (Å²) in [7, 11) is 1.88. The van der Waals surface area contributed by atoms with Crippen LogP contribution in [0.3, 0.4) is 0 Å². The normalized spacial score (nSPS) is 16.0. The average molecular weight is 413 g/mol. The number of rotatable bonds is 5. The Labute approximate surface area is 179 Å². The Kier molecular flexibility index (Phi) is 4.70. The zero-order valence-corrected chi connectivity index (χ0v) is 17.2. The van der Waals surface area contributed by atoms with Gasteiger partial charge in [0.1, 0.15) is 12.1 Å². The molecule has 4 heterocycles. The fraction of sp³-hybridized carbons (Fsp3) is 0.227. The first-order valence-electron chi connectivity index (χ1n) is 10.1. The van der Waals surface area contributed by atoms with Gasteiger partial charge >= 0.3 is 0 Å². The Hall–Kier alpha value is -4.01. The minimum absolute atomic E-state index is 0.273. The van der Waals surface area contributed by atoms with Crippen LogP contribution in [-0.4, -0.2) is 48.3 Å². The number of nitrogens with zero attached hydrogens (tertiary/aromatic N) is 7. The second-order valence-corrected chi connectivity index (χ2v) is 7.72. The van der Waals surface area contributed by atoms with Crippen molar-refractivity contribution in [3.8, 4) is 11.1 Å². The maximum absolute atomic E-state index is 8.77. The van der Waals surface area contributed by atoms with Gasteiger partial charge < -0.3 is 10.6 Å². The van der Waals surface area contributed by atoms with E-state index in [1.165, 1.54) is 6.33 Å². The summed E-state index contributed by atoms with van der Waals surface area (Å²) in [4.78, 5) is 11.0. The first-order chi connectivity index (χ1) is 15.1. The molecule has 5 rings (SSSR count). The number of anilines is 2. The maximum atomic E-state index is 8.77. The number of nitrogens with two attached hydrogens (primary N) is 1. The highest BCUT2D eigenvalue weighted by molar-refractivity contribution is 6.13. The Morgan fingerprint density at radius 3 is 2.84 bits per heavy atom. The summed E-state index contributed by atoms with van der Waals surface area (Å²) in [5.74, 6) is 0.811. The van der Waals surface area contributed by atoms with Crippen LogP contribution in [0.25, 0.3) is 11.1 Å². The Morgan fingerprint density at radius 1 is 1.16 bits per heavy atom. The topological polar surface area (TPSA) is 115 Å². The lowest BCUT2D eigenvalue weighted by Gasteiger charge is -2.18. The monoisotopic (exact) mass is 413 g/mol. The molecule has 3 aromatic heterocycles. The first kappa shape index (κ1) is 19.0. The summed E-state index contributed by atoms with van der Waals surface area (Å²) in [5.41, 5.74) is 10.1. The number of nitrogen functional groups attached to an aromatic ring is 1. The first-order valence-corrected chi connectivity index (χ1v) is 10.1. The Bertz CT molecular complexity index is 1230. The molecule has 3 N–H and O–H groups in total. The van der Waals surface area contributed by atoms with Crippen molar-refractivity contribution in [3.63, 3.8) is 0 Å². The largest absolute Gasteiger partial charge is 0.398 e. The van der Waals surface area contributed by atoms with Crippen LogP contribution in [0.2, 0.25) is 0 Å². The SMILES string of the molecule is Cn1cc(-c2ccc(N)c(C(=N)c3cc(N4CCC(n5cccn5)C4)ncn3)c2)cn1. The maximum Gasteiger partial charge on any atom is 0.132 e. The second-order valence-electron chi connectivity index (χ2n) is 7.72. The standard InChI is InChI=1S/C22H23N9/c1-29-12-16(11-28-29)15-3-4-19(23)18(9-15)22(24)20-10-21(26-14-25-20)30-8-5-17(13-30)31-7-2-6-27-31/h2-4,6-7,9-12,14,17,24H,5,8,13,23H2,1H3. The molecule has 1 aliphatic rings. The molecule has 9 nitrogen and oxygen atoms in total. The summed E-state index contributed by atoms with van der Waals surface area (Å²) in [6, 6.07) is 9.80. The molecular weight excluding hydrogens is 390 g/mol. The lowest BCUT2D eigenvalue weighted by molar-refractivity contribution is 0.494. The molecule has 1 aliphatic heterocycles.